The number of carbonyl (C=O) groups is 2. The van der Waals surface area contributed by atoms with Gasteiger partial charge in [0.25, 0.3) is 0 Å². The fraction of sp³-hybridized carbons (Fsp3) is 0.385. The third-order valence-corrected chi connectivity index (χ3v) is 3.52. The first-order valence-electron chi connectivity index (χ1n) is 6.11. The van der Waals surface area contributed by atoms with Gasteiger partial charge < -0.3 is 15.3 Å². The van der Waals surface area contributed by atoms with Gasteiger partial charge in [0.15, 0.2) is 11.6 Å². The Morgan fingerprint density at radius 3 is 2.65 bits per heavy atom. The van der Waals surface area contributed by atoms with E-state index in [1.807, 2.05) is 0 Å². The van der Waals surface area contributed by atoms with Crippen LogP contribution in [0.5, 0.6) is 0 Å². The molecule has 7 heteroatoms. The van der Waals surface area contributed by atoms with Crippen LogP contribution < -0.4 is 5.32 Å². The molecule has 108 valence electrons. The van der Waals surface area contributed by atoms with E-state index in [1.165, 1.54) is 17.9 Å². The average Bonchev–Trinajstić information content (AvgIpc) is 2.77. The molecule has 1 heterocycles. The number of rotatable bonds is 2. The Bertz CT molecular complexity index is 565. The molecule has 2 N–H and O–H groups in total. The van der Waals surface area contributed by atoms with Crippen molar-refractivity contribution in [2.75, 3.05) is 11.9 Å². The molecule has 1 atom stereocenters. The fourth-order valence-corrected chi connectivity index (χ4v) is 2.28. The lowest BCUT2D eigenvalue weighted by atomic mass is 10.00. The molecule has 1 aromatic carbocycles. The number of carboxylic acid groups (broad SMARTS) is 1. The van der Waals surface area contributed by atoms with E-state index in [0.717, 1.165) is 12.1 Å². The highest BCUT2D eigenvalue weighted by Crippen LogP contribution is 2.30. The van der Waals surface area contributed by atoms with Crippen molar-refractivity contribution in [1.82, 2.24) is 4.90 Å². The Hall–Kier alpha value is -2.18. The minimum Gasteiger partial charge on any atom is -0.480 e. The lowest BCUT2D eigenvalue weighted by Crippen LogP contribution is -2.52. The number of nitrogens with zero attached hydrogens (tertiary/aromatic N) is 1. The molecule has 0 bridgehead atoms. The van der Waals surface area contributed by atoms with Gasteiger partial charge in [-0.2, -0.15) is 0 Å². The third kappa shape index (κ3) is 2.43. The van der Waals surface area contributed by atoms with Gasteiger partial charge in [0.05, 0.1) is 0 Å². The molecule has 20 heavy (non-hydrogen) atoms. The summed E-state index contributed by atoms with van der Waals surface area (Å²) in [6.07, 6.45) is 0.932. The van der Waals surface area contributed by atoms with Crippen LogP contribution in [-0.2, 0) is 4.79 Å². The summed E-state index contributed by atoms with van der Waals surface area (Å²) in [4.78, 5) is 24.5. The standard InChI is InChI=1S/C13H14F2N2O3/c1-13(11(18)19)5-2-6-17(13)12(20)16-8-3-4-9(14)10(15)7-8/h3-4,7H,2,5-6H2,1H3,(H,16,20)(H,18,19). The molecule has 0 aliphatic carbocycles. The van der Waals surface area contributed by atoms with Gasteiger partial charge in [0.2, 0.25) is 0 Å². The lowest BCUT2D eigenvalue weighted by molar-refractivity contribution is -0.146. The molecule has 1 unspecified atom stereocenters. The van der Waals surface area contributed by atoms with E-state index in [2.05, 4.69) is 5.32 Å². The number of hydrogen-bond acceptors (Lipinski definition) is 2. The van der Waals surface area contributed by atoms with Crippen molar-refractivity contribution >= 4 is 17.7 Å². The average molecular weight is 284 g/mol. The highest BCUT2D eigenvalue weighted by Gasteiger charge is 2.46. The summed E-state index contributed by atoms with van der Waals surface area (Å²) in [6, 6.07) is 2.32. The van der Waals surface area contributed by atoms with Crippen LogP contribution in [0, 0.1) is 11.6 Å². The molecule has 2 amide bonds. The first-order chi connectivity index (χ1) is 9.34. The van der Waals surface area contributed by atoms with E-state index in [1.54, 1.807) is 0 Å². The number of benzene rings is 1. The summed E-state index contributed by atoms with van der Waals surface area (Å²) in [7, 11) is 0. The van der Waals surface area contributed by atoms with E-state index in [9.17, 15) is 23.5 Å². The smallest absolute Gasteiger partial charge is 0.329 e. The van der Waals surface area contributed by atoms with Gasteiger partial charge in [-0.25, -0.2) is 18.4 Å². The number of amides is 2. The van der Waals surface area contributed by atoms with Crippen molar-refractivity contribution in [3.8, 4) is 0 Å². The first kappa shape index (κ1) is 14.2. The van der Waals surface area contributed by atoms with Gasteiger partial charge in [0.1, 0.15) is 5.54 Å². The van der Waals surface area contributed by atoms with Gasteiger partial charge in [-0.05, 0) is 31.9 Å². The molecule has 1 aromatic rings. The molecule has 5 nitrogen and oxygen atoms in total. The molecular weight excluding hydrogens is 270 g/mol. The minimum atomic E-state index is -1.28. The molecule has 0 aromatic heterocycles. The van der Waals surface area contributed by atoms with Crippen LogP contribution in [0.1, 0.15) is 19.8 Å². The zero-order valence-electron chi connectivity index (χ0n) is 10.8. The summed E-state index contributed by atoms with van der Waals surface area (Å²) in [6.45, 7) is 1.77. The SMILES string of the molecule is CC1(C(=O)O)CCCN1C(=O)Nc1ccc(F)c(F)c1. The van der Waals surface area contributed by atoms with Crippen LogP contribution in [0.3, 0.4) is 0 Å². The molecule has 0 spiro atoms. The van der Waals surface area contributed by atoms with Crippen molar-refractivity contribution in [3.63, 3.8) is 0 Å². The zero-order valence-corrected chi connectivity index (χ0v) is 10.8. The molecule has 1 saturated heterocycles. The first-order valence-corrected chi connectivity index (χ1v) is 6.11. The largest absolute Gasteiger partial charge is 0.480 e. The monoisotopic (exact) mass is 284 g/mol. The quantitative estimate of drug-likeness (QED) is 0.876. The van der Waals surface area contributed by atoms with Crippen LogP contribution in [0.4, 0.5) is 19.3 Å². The third-order valence-electron chi connectivity index (χ3n) is 3.52. The lowest BCUT2D eigenvalue weighted by Gasteiger charge is -2.31. The Balaban J connectivity index is 2.15. The Morgan fingerprint density at radius 1 is 1.35 bits per heavy atom. The summed E-state index contributed by atoms with van der Waals surface area (Å²) in [5.41, 5.74) is -1.20. The van der Waals surface area contributed by atoms with Crippen molar-refractivity contribution < 1.29 is 23.5 Å². The number of halogens is 2. The maximum absolute atomic E-state index is 13.1. The Morgan fingerprint density at radius 2 is 2.05 bits per heavy atom. The maximum atomic E-state index is 13.1. The fourth-order valence-electron chi connectivity index (χ4n) is 2.28. The second-order valence-corrected chi connectivity index (χ2v) is 4.89. The number of nitrogens with one attached hydrogen (secondary N) is 1. The summed E-state index contributed by atoms with van der Waals surface area (Å²) >= 11 is 0. The Kier molecular flexibility index (Phi) is 3.61. The van der Waals surface area contributed by atoms with E-state index < -0.39 is 29.2 Å². The molecule has 1 aliphatic heterocycles. The van der Waals surface area contributed by atoms with Gasteiger partial charge in [-0.3, -0.25) is 0 Å². The number of carbonyl (C=O) groups excluding carboxylic acids is 1. The number of likely N-dealkylation sites (tertiary alicyclic amines) is 1. The van der Waals surface area contributed by atoms with Gasteiger partial charge in [-0.15, -0.1) is 0 Å². The van der Waals surface area contributed by atoms with Crippen LogP contribution in [0.2, 0.25) is 0 Å². The van der Waals surface area contributed by atoms with E-state index >= 15 is 0 Å². The van der Waals surface area contributed by atoms with E-state index in [-0.39, 0.29) is 5.69 Å². The number of aliphatic carboxylic acids is 1. The van der Waals surface area contributed by atoms with Crippen LogP contribution in [-0.4, -0.2) is 34.1 Å². The van der Waals surface area contributed by atoms with Crippen molar-refractivity contribution in [3.05, 3.63) is 29.8 Å². The van der Waals surface area contributed by atoms with Crippen LogP contribution >= 0.6 is 0 Å². The number of hydrogen-bond donors (Lipinski definition) is 2. The topological polar surface area (TPSA) is 69.6 Å². The number of anilines is 1. The normalized spacial score (nSPS) is 21.9. The van der Waals surface area contributed by atoms with E-state index in [0.29, 0.717) is 19.4 Å². The van der Waals surface area contributed by atoms with E-state index in [4.69, 9.17) is 0 Å². The molecule has 0 radical (unpaired) electrons. The molecule has 1 aliphatic rings. The Labute approximate surface area is 114 Å². The maximum Gasteiger partial charge on any atom is 0.329 e. The molecule has 2 rings (SSSR count). The number of carboxylic acids is 1. The number of urea groups is 1. The zero-order chi connectivity index (χ0) is 14.9. The van der Waals surface area contributed by atoms with Gasteiger partial charge in [-0.1, -0.05) is 0 Å². The molecule has 1 fully saturated rings. The minimum absolute atomic E-state index is 0.0774. The van der Waals surface area contributed by atoms with Crippen molar-refractivity contribution in [2.45, 2.75) is 25.3 Å². The van der Waals surface area contributed by atoms with Gasteiger partial charge >= 0.3 is 12.0 Å². The highest BCUT2D eigenvalue weighted by molar-refractivity contribution is 5.94. The molecular formula is C13H14F2N2O3. The van der Waals surface area contributed by atoms with Gasteiger partial charge in [0, 0.05) is 18.3 Å². The summed E-state index contributed by atoms with van der Waals surface area (Å²) in [5.74, 6) is -3.18. The summed E-state index contributed by atoms with van der Waals surface area (Å²) in [5, 5.41) is 11.6. The second kappa shape index (κ2) is 5.07. The second-order valence-electron chi connectivity index (χ2n) is 4.89. The highest BCUT2D eigenvalue weighted by atomic mass is 19.2. The summed E-state index contributed by atoms with van der Waals surface area (Å²) < 4.78 is 25.8. The molecule has 0 saturated carbocycles. The predicted octanol–water partition coefficient (Wildman–Crippen LogP) is 2.44. The predicted molar refractivity (Wildman–Crippen MR) is 67.4 cm³/mol. The van der Waals surface area contributed by atoms with Crippen LogP contribution in [0.25, 0.3) is 0 Å². The van der Waals surface area contributed by atoms with Crippen molar-refractivity contribution in [2.24, 2.45) is 0 Å². The van der Waals surface area contributed by atoms with Crippen molar-refractivity contribution in [1.29, 1.82) is 0 Å². The van der Waals surface area contributed by atoms with Crippen LogP contribution in [0.15, 0.2) is 18.2 Å².